The first-order chi connectivity index (χ1) is 17.4. The molecule has 2 N–H and O–H groups in total. The first-order valence-electron chi connectivity index (χ1n) is 11.3. The summed E-state index contributed by atoms with van der Waals surface area (Å²) >= 11 is 0. The van der Waals surface area contributed by atoms with Crippen LogP contribution in [-0.2, 0) is 27.8 Å². The topological polar surface area (TPSA) is 105 Å². The maximum atomic E-state index is 13.9. The minimum Gasteiger partial charge on any atom is -0.497 e. The Labute approximate surface area is 210 Å². The number of nitrogens with zero attached hydrogens (tertiary/aromatic N) is 1. The number of hydroxylamine groups is 1. The van der Waals surface area contributed by atoms with Crippen molar-refractivity contribution in [2.75, 3.05) is 20.4 Å². The molecule has 3 rings (SSSR count). The van der Waals surface area contributed by atoms with Gasteiger partial charge in [-0.2, -0.15) is 4.31 Å². The highest BCUT2D eigenvalue weighted by molar-refractivity contribution is 7.89. The van der Waals surface area contributed by atoms with E-state index < -0.39 is 28.6 Å². The van der Waals surface area contributed by atoms with Crippen molar-refractivity contribution >= 4 is 15.9 Å². The van der Waals surface area contributed by atoms with Crippen LogP contribution in [-0.4, -0.2) is 50.3 Å². The molecule has 0 spiro atoms. The number of carbonyl (C=O) groups excluding carboxylic acids is 1. The van der Waals surface area contributed by atoms with Crippen LogP contribution < -0.4 is 15.0 Å². The summed E-state index contributed by atoms with van der Waals surface area (Å²) in [5.74, 6) is 0.0676. The van der Waals surface area contributed by atoms with Gasteiger partial charge >= 0.3 is 0 Å². The van der Waals surface area contributed by atoms with Crippen molar-refractivity contribution < 1.29 is 32.3 Å². The molecule has 0 aliphatic carbocycles. The van der Waals surface area contributed by atoms with Crippen molar-refractivity contribution in [1.29, 1.82) is 0 Å². The molecule has 0 saturated heterocycles. The molecule has 1 atom stereocenters. The summed E-state index contributed by atoms with van der Waals surface area (Å²) in [7, 11) is -2.73. The zero-order valence-electron chi connectivity index (χ0n) is 19.8. The summed E-state index contributed by atoms with van der Waals surface area (Å²) in [6.07, 6.45) is 0.257. The molecule has 0 aliphatic heterocycles. The lowest BCUT2D eigenvalue weighted by molar-refractivity contribution is -0.133. The molecule has 0 saturated carbocycles. The molecule has 1 unspecified atom stereocenters. The minimum atomic E-state index is -4.23. The zero-order valence-corrected chi connectivity index (χ0v) is 20.7. The van der Waals surface area contributed by atoms with Crippen molar-refractivity contribution in [1.82, 2.24) is 9.79 Å². The number of rotatable bonds is 13. The highest BCUT2D eigenvalue weighted by Crippen LogP contribution is 2.26. The van der Waals surface area contributed by atoms with E-state index in [1.807, 2.05) is 6.07 Å². The predicted molar refractivity (Wildman–Crippen MR) is 132 cm³/mol. The average molecular weight is 517 g/mol. The van der Waals surface area contributed by atoms with Crippen molar-refractivity contribution in [3.8, 4) is 11.5 Å². The second kappa shape index (κ2) is 13.0. The van der Waals surface area contributed by atoms with Gasteiger partial charge < -0.3 is 9.47 Å². The van der Waals surface area contributed by atoms with E-state index in [4.69, 9.17) is 9.47 Å². The number of amides is 1. The standard InChI is InChI=1S/C26H29FN2O6S/c1-34-23-10-5-9-21(17-23)19-29(25(26(30)28-31)18-20-7-3-2-4-8-20)36(32,33)24-13-11-22(12-14-24)35-16-6-15-27/h2-5,7-14,17,25,31H,6,15-16,18-19H2,1H3,(H,28,30). The summed E-state index contributed by atoms with van der Waals surface area (Å²) < 4.78 is 51.8. The van der Waals surface area contributed by atoms with Gasteiger partial charge in [-0.1, -0.05) is 42.5 Å². The van der Waals surface area contributed by atoms with Crippen LogP contribution in [0.25, 0.3) is 0 Å². The molecule has 192 valence electrons. The van der Waals surface area contributed by atoms with Gasteiger partial charge in [-0.05, 0) is 53.9 Å². The third-order valence-electron chi connectivity index (χ3n) is 5.48. The van der Waals surface area contributed by atoms with Crippen molar-refractivity contribution in [3.63, 3.8) is 0 Å². The van der Waals surface area contributed by atoms with Crippen LogP contribution in [0.15, 0.2) is 83.8 Å². The van der Waals surface area contributed by atoms with Gasteiger partial charge in [0.2, 0.25) is 10.0 Å². The Balaban J connectivity index is 2.01. The summed E-state index contributed by atoms with van der Waals surface area (Å²) in [6, 6.07) is 20.2. The van der Waals surface area contributed by atoms with Gasteiger partial charge in [0.05, 0.1) is 25.3 Å². The number of sulfonamides is 1. The fourth-order valence-electron chi connectivity index (χ4n) is 3.64. The molecule has 0 fully saturated rings. The van der Waals surface area contributed by atoms with E-state index in [0.717, 1.165) is 4.31 Å². The molecule has 3 aromatic rings. The van der Waals surface area contributed by atoms with E-state index in [-0.39, 0.29) is 30.9 Å². The van der Waals surface area contributed by atoms with Gasteiger partial charge in [0, 0.05) is 13.0 Å². The Morgan fingerprint density at radius 2 is 1.69 bits per heavy atom. The molecular weight excluding hydrogens is 487 g/mol. The normalized spacial score (nSPS) is 12.2. The molecule has 0 aliphatic rings. The quantitative estimate of drug-likeness (QED) is 0.204. The number of nitrogens with one attached hydrogen (secondary N) is 1. The van der Waals surface area contributed by atoms with Gasteiger partial charge in [0.25, 0.3) is 5.91 Å². The van der Waals surface area contributed by atoms with E-state index in [0.29, 0.717) is 22.6 Å². The maximum Gasteiger partial charge on any atom is 0.262 e. The third kappa shape index (κ3) is 7.03. The number of ether oxygens (including phenoxy) is 2. The molecule has 36 heavy (non-hydrogen) atoms. The van der Waals surface area contributed by atoms with Gasteiger partial charge in [0.1, 0.15) is 17.5 Å². The monoisotopic (exact) mass is 516 g/mol. The second-order valence-electron chi connectivity index (χ2n) is 7.95. The first-order valence-corrected chi connectivity index (χ1v) is 12.7. The first kappa shape index (κ1) is 27.1. The van der Waals surface area contributed by atoms with Crippen LogP contribution in [0.2, 0.25) is 0 Å². The Morgan fingerprint density at radius 3 is 2.33 bits per heavy atom. The Morgan fingerprint density at radius 1 is 1.00 bits per heavy atom. The Hall–Kier alpha value is -3.47. The van der Waals surface area contributed by atoms with E-state index in [9.17, 15) is 22.8 Å². The van der Waals surface area contributed by atoms with Crippen molar-refractivity contribution in [2.24, 2.45) is 0 Å². The third-order valence-corrected chi connectivity index (χ3v) is 7.35. The molecule has 0 radical (unpaired) electrons. The van der Waals surface area contributed by atoms with E-state index in [1.54, 1.807) is 54.0 Å². The second-order valence-corrected chi connectivity index (χ2v) is 9.84. The maximum absolute atomic E-state index is 13.9. The lowest BCUT2D eigenvalue weighted by atomic mass is 10.0. The summed E-state index contributed by atoms with van der Waals surface area (Å²) in [5, 5.41) is 9.47. The molecular formula is C26H29FN2O6S. The lowest BCUT2D eigenvalue weighted by Crippen LogP contribution is -2.49. The van der Waals surface area contributed by atoms with E-state index in [1.165, 1.54) is 31.4 Å². The van der Waals surface area contributed by atoms with Crippen LogP contribution in [0.3, 0.4) is 0 Å². The summed E-state index contributed by atoms with van der Waals surface area (Å²) in [6.45, 7) is -0.499. The van der Waals surface area contributed by atoms with Gasteiger partial charge in [0.15, 0.2) is 0 Å². The number of halogens is 1. The predicted octanol–water partition coefficient (Wildman–Crippen LogP) is 3.74. The number of alkyl halides is 1. The van der Waals surface area contributed by atoms with Crippen molar-refractivity contribution in [3.05, 3.63) is 90.0 Å². The molecule has 8 nitrogen and oxygen atoms in total. The molecule has 10 heteroatoms. The fraction of sp³-hybridized carbons (Fsp3) is 0.269. The lowest BCUT2D eigenvalue weighted by Gasteiger charge is -2.30. The van der Waals surface area contributed by atoms with Crippen LogP contribution in [0, 0.1) is 0 Å². The number of carbonyl (C=O) groups is 1. The van der Waals surface area contributed by atoms with E-state index >= 15 is 0 Å². The minimum absolute atomic E-state index is 0.0286. The Bertz CT molecular complexity index is 1220. The van der Waals surface area contributed by atoms with Crippen LogP contribution in [0.5, 0.6) is 11.5 Å². The molecule has 3 aromatic carbocycles. The average Bonchev–Trinajstić information content (AvgIpc) is 2.91. The highest BCUT2D eigenvalue weighted by Gasteiger charge is 2.36. The Kier molecular flexibility index (Phi) is 9.80. The zero-order chi connectivity index (χ0) is 26.0. The van der Waals surface area contributed by atoms with E-state index in [2.05, 4.69) is 0 Å². The van der Waals surface area contributed by atoms with Crippen LogP contribution >= 0.6 is 0 Å². The van der Waals surface area contributed by atoms with Gasteiger partial charge in [-0.15, -0.1) is 0 Å². The number of benzene rings is 3. The molecule has 0 bridgehead atoms. The van der Waals surface area contributed by atoms with Crippen LogP contribution in [0.1, 0.15) is 17.5 Å². The molecule has 0 heterocycles. The SMILES string of the molecule is COc1cccc(CN(C(Cc2ccccc2)C(=O)NO)S(=O)(=O)c2ccc(OCCCF)cc2)c1. The summed E-state index contributed by atoms with van der Waals surface area (Å²) in [4.78, 5) is 12.7. The number of hydrogen-bond donors (Lipinski definition) is 2. The smallest absolute Gasteiger partial charge is 0.262 e. The molecule has 0 aromatic heterocycles. The fourth-order valence-corrected chi connectivity index (χ4v) is 5.21. The highest BCUT2D eigenvalue weighted by atomic mass is 32.2. The largest absolute Gasteiger partial charge is 0.497 e. The number of hydrogen-bond acceptors (Lipinski definition) is 6. The van der Waals surface area contributed by atoms with Crippen LogP contribution in [0.4, 0.5) is 4.39 Å². The number of methoxy groups -OCH3 is 1. The molecule has 1 amide bonds. The van der Waals surface area contributed by atoms with Gasteiger partial charge in [-0.25, -0.2) is 13.9 Å². The van der Waals surface area contributed by atoms with Gasteiger partial charge in [-0.3, -0.25) is 14.4 Å². The van der Waals surface area contributed by atoms with Crippen molar-refractivity contribution in [2.45, 2.75) is 30.3 Å². The summed E-state index contributed by atoms with van der Waals surface area (Å²) in [5.41, 5.74) is 2.92.